The van der Waals surface area contributed by atoms with E-state index in [1.54, 1.807) is 0 Å². The summed E-state index contributed by atoms with van der Waals surface area (Å²) in [4.78, 5) is 15.0. The molecule has 1 amide bonds. The van der Waals surface area contributed by atoms with Gasteiger partial charge in [-0.25, -0.2) is 0 Å². The lowest BCUT2D eigenvalue weighted by atomic mass is 10.0. The Morgan fingerprint density at radius 3 is 3.15 bits per heavy atom. The number of nitrogens with one attached hydrogen (secondary N) is 2. The van der Waals surface area contributed by atoms with Crippen LogP contribution in [0.25, 0.3) is 0 Å². The van der Waals surface area contributed by atoms with Crippen molar-refractivity contribution in [2.45, 2.75) is 25.8 Å². The Kier molecular flexibility index (Phi) is 3.72. The molecule has 1 aliphatic heterocycles. The summed E-state index contributed by atoms with van der Waals surface area (Å²) in [5, 5.41) is 2.91. The number of aryl methyl sites for hydroxylation is 1. The maximum absolute atomic E-state index is 11.9. The quantitative estimate of drug-likeness (QED) is 0.895. The van der Waals surface area contributed by atoms with Crippen molar-refractivity contribution in [3.8, 4) is 5.75 Å². The van der Waals surface area contributed by atoms with Gasteiger partial charge in [-0.2, -0.15) is 0 Å². The number of aromatic nitrogens is 1. The van der Waals surface area contributed by atoms with Crippen LogP contribution in [0.5, 0.6) is 5.75 Å². The Morgan fingerprint density at radius 1 is 1.35 bits per heavy atom. The van der Waals surface area contributed by atoms with Crippen LogP contribution in [-0.2, 0) is 24.2 Å². The van der Waals surface area contributed by atoms with Crippen LogP contribution in [0.15, 0.2) is 36.5 Å². The van der Waals surface area contributed by atoms with Crippen LogP contribution in [0.1, 0.15) is 23.2 Å². The first-order valence-electron chi connectivity index (χ1n) is 6.95. The summed E-state index contributed by atoms with van der Waals surface area (Å²) in [5.74, 6) is 1.00. The average molecular weight is 270 g/mol. The topological polar surface area (TPSA) is 54.1 Å². The molecule has 0 saturated carbocycles. The Morgan fingerprint density at radius 2 is 2.30 bits per heavy atom. The van der Waals surface area contributed by atoms with E-state index in [-0.39, 0.29) is 5.91 Å². The molecule has 1 aromatic carbocycles. The number of ether oxygens (including phenoxy) is 1. The number of benzene rings is 1. The minimum Gasteiger partial charge on any atom is -0.493 e. The molecule has 3 rings (SSSR count). The molecule has 0 spiro atoms. The number of hydrogen-bond acceptors (Lipinski definition) is 2. The minimum absolute atomic E-state index is 0.0382. The summed E-state index contributed by atoms with van der Waals surface area (Å²) in [6, 6.07) is 9.91. The lowest BCUT2D eigenvalue weighted by Gasteiger charge is -2.17. The van der Waals surface area contributed by atoms with Gasteiger partial charge in [-0.3, -0.25) is 4.79 Å². The normalized spacial score (nSPS) is 13.4. The van der Waals surface area contributed by atoms with E-state index in [1.807, 2.05) is 30.5 Å². The molecule has 4 heteroatoms. The van der Waals surface area contributed by atoms with Gasteiger partial charge in [-0.1, -0.05) is 12.1 Å². The van der Waals surface area contributed by atoms with Crippen molar-refractivity contribution in [3.63, 3.8) is 0 Å². The van der Waals surface area contributed by atoms with Gasteiger partial charge in [0.25, 0.3) is 0 Å². The van der Waals surface area contributed by atoms with Crippen molar-refractivity contribution < 1.29 is 9.53 Å². The molecule has 0 saturated heterocycles. The van der Waals surface area contributed by atoms with Gasteiger partial charge in [-0.05, 0) is 42.2 Å². The van der Waals surface area contributed by atoms with Gasteiger partial charge < -0.3 is 15.0 Å². The molecule has 4 nitrogen and oxygen atoms in total. The maximum Gasteiger partial charge on any atom is 0.224 e. The van der Waals surface area contributed by atoms with Crippen LogP contribution >= 0.6 is 0 Å². The number of aromatic amines is 1. The fourth-order valence-corrected chi connectivity index (χ4v) is 2.44. The van der Waals surface area contributed by atoms with Crippen molar-refractivity contribution in [3.05, 3.63) is 53.3 Å². The second-order valence-electron chi connectivity index (χ2n) is 5.04. The first-order chi connectivity index (χ1) is 9.81. The van der Waals surface area contributed by atoms with Crippen molar-refractivity contribution >= 4 is 5.91 Å². The number of amides is 1. The van der Waals surface area contributed by atoms with E-state index in [1.165, 1.54) is 5.56 Å². The molecule has 0 bridgehead atoms. The molecule has 1 aromatic heterocycles. The second kappa shape index (κ2) is 5.82. The first kappa shape index (κ1) is 12.8. The number of H-pyrrole nitrogens is 1. The van der Waals surface area contributed by atoms with Gasteiger partial charge in [0.2, 0.25) is 5.91 Å². The van der Waals surface area contributed by atoms with Crippen LogP contribution in [-0.4, -0.2) is 17.5 Å². The maximum atomic E-state index is 11.9. The van der Waals surface area contributed by atoms with E-state index >= 15 is 0 Å². The van der Waals surface area contributed by atoms with Gasteiger partial charge in [0.05, 0.1) is 19.6 Å². The lowest BCUT2D eigenvalue weighted by molar-refractivity contribution is -0.120. The monoisotopic (exact) mass is 270 g/mol. The largest absolute Gasteiger partial charge is 0.493 e. The van der Waals surface area contributed by atoms with E-state index in [4.69, 9.17) is 4.74 Å². The lowest BCUT2D eigenvalue weighted by Crippen LogP contribution is -2.24. The molecule has 2 N–H and O–H groups in total. The number of rotatable bonds is 4. The van der Waals surface area contributed by atoms with Crippen molar-refractivity contribution in [2.24, 2.45) is 0 Å². The molecule has 20 heavy (non-hydrogen) atoms. The molecule has 2 aromatic rings. The summed E-state index contributed by atoms with van der Waals surface area (Å²) in [6.07, 6.45) is 4.35. The van der Waals surface area contributed by atoms with Crippen LogP contribution in [0.2, 0.25) is 0 Å². The standard InChI is InChI=1S/C16H18N2O2/c19-16(18-11-14-4-1-7-17-14)10-12-5-6-15-13(9-12)3-2-8-20-15/h1,4-7,9,17H,2-3,8,10-11H2,(H,18,19). The van der Waals surface area contributed by atoms with Crippen LogP contribution < -0.4 is 10.1 Å². The highest BCUT2D eigenvalue weighted by Gasteiger charge is 2.12. The Labute approximate surface area is 118 Å². The molecule has 104 valence electrons. The molecular formula is C16H18N2O2. The SMILES string of the molecule is O=C(Cc1ccc2c(c1)CCCO2)NCc1ccc[nH]1. The van der Waals surface area contributed by atoms with E-state index in [0.29, 0.717) is 13.0 Å². The van der Waals surface area contributed by atoms with E-state index in [9.17, 15) is 4.79 Å². The number of carbonyl (C=O) groups excluding carboxylic acids is 1. The van der Waals surface area contributed by atoms with Gasteiger partial charge in [0.1, 0.15) is 5.75 Å². The number of carbonyl (C=O) groups is 1. The highest BCUT2D eigenvalue weighted by molar-refractivity contribution is 5.78. The molecule has 0 aliphatic carbocycles. The molecule has 0 fully saturated rings. The number of hydrogen-bond donors (Lipinski definition) is 2. The fourth-order valence-electron chi connectivity index (χ4n) is 2.44. The molecule has 0 unspecified atom stereocenters. The average Bonchev–Trinajstić information content (AvgIpc) is 2.98. The molecule has 0 radical (unpaired) electrons. The summed E-state index contributed by atoms with van der Waals surface area (Å²) < 4.78 is 5.58. The predicted octanol–water partition coefficient (Wildman–Crippen LogP) is 2.20. The zero-order chi connectivity index (χ0) is 13.8. The summed E-state index contributed by atoms with van der Waals surface area (Å²) >= 11 is 0. The fraction of sp³-hybridized carbons (Fsp3) is 0.312. The van der Waals surface area contributed by atoms with Crippen molar-refractivity contribution in [1.82, 2.24) is 10.3 Å². The molecule has 0 atom stereocenters. The summed E-state index contributed by atoms with van der Waals surface area (Å²) in [7, 11) is 0. The van der Waals surface area contributed by atoms with E-state index < -0.39 is 0 Å². The zero-order valence-electron chi connectivity index (χ0n) is 11.3. The Balaban J connectivity index is 1.58. The second-order valence-corrected chi connectivity index (χ2v) is 5.04. The third kappa shape index (κ3) is 3.02. The third-order valence-electron chi connectivity index (χ3n) is 3.48. The third-order valence-corrected chi connectivity index (χ3v) is 3.48. The predicted molar refractivity (Wildman–Crippen MR) is 76.6 cm³/mol. The van der Waals surface area contributed by atoms with Crippen LogP contribution in [0.4, 0.5) is 0 Å². The zero-order valence-corrected chi connectivity index (χ0v) is 11.3. The summed E-state index contributed by atoms with van der Waals surface area (Å²) in [6.45, 7) is 1.34. The van der Waals surface area contributed by atoms with E-state index in [2.05, 4.69) is 16.4 Å². The van der Waals surface area contributed by atoms with Gasteiger partial charge >= 0.3 is 0 Å². The highest BCUT2D eigenvalue weighted by atomic mass is 16.5. The number of fused-ring (bicyclic) bond motifs is 1. The molecule has 1 aliphatic rings. The van der Waals surface area contributed by atoms with Crippen LogP contribution in [0, 0.1) is 0 Å². The first-order valence-corrected chi connectivity index (χ1v) is 6.95. The highest BCUT2D eigenvalue weighted by Crippen LogP contribution is 2.25. The van der Waals surface area contributed by atoms with Gasteiger partial charge in [-0.15, -0.1) is 0 Å². The Hall–Kier alpha value is -2.23. The molecule has 2 heterocycles. The van der Waals surface area contributed by atoms with Crippen LogP contribution in [0.3, 0.4) is 0 Å². The minimum atomic E-state index is 0.0382. The summed E-state index contributed by atoms with van der Waals surface area (Å²) in [5.41, 5.74) is 3.27. The van der Waals surface area contributed by atoms with Crippen molar-refractivity contribution in [1.29, 1.82) is 0 Å². The Bertz CT molecular complexity index is 591. The van der Waals surface area contributed by atoms with E-state index in [0.717, 1.165) is 36.5 Å². The van der Waals surface area contributed by atoms with Gasteiger partial charge in [0.15, 0.2) is 0 Å². The van der Waals surface area contributed by atoms with Crippen molar-refractivity contribution in [2.75, 3.05) is 6.61 Å². The smallest absolute Gasteiger partial charge is 0.224 e. The molecular weight excluding hydrogens is 252 g/mol. The van der Waals surface area contributed by atoms with Gasteiger partial charge in [0, 0.05) is 11.9 Å².